The van der Waals surface area contributed by atoms with Crippen LogP contribution in [0.3, 0.4) is 0 Å². The molecule has 0 fully saturated rings. The Hall–Kier alpha value is -1.07. The van der Waals surface area contributed by atoms with Crippen molar-refractivity contribution in [2.24, 2.45) is 0 Å². The maximum Gasteiger partial charge on any atom is 0.338 e. The van der Waals surface area contributed by atoms with E-state index in [-0.39, 0.29) is 24.0 Å². The second kappa shape index (κ2) is 7.50. The molecule has 1 aromatic carbocycles. The molecule has 1 rings (SSSR count). The monoisotopic (exact) mass is 285 g/mol. The maximum absolute atomic E-state index is 12.2. The molecule has 0 saturated carbocycles. The van der Waals surface area contributed by atoms with Crippen molar-refractivity contribution in [3.05, 3.63) is 35.9 Å². The molecule has 0 aliphatic rings. The fourth-order valence-corrected chi connectivity index (χ4v) is 2.03. The fraction of sp³-hybridized carbons (Fsp3) is 0.500. The number of hydrogen-bond acceptors (Lipinski definition) is 4. The van der Waals surface area contributed by atoms with E-state index in [4.69, 9.17) is 4.74 Å². The standard InChI is InChI=1S/C14H20FNO2S/c1-4-14(2,10-16(3)11-19-15)18-13(17)12-8-6-5-7-9-12/h5-9H,4,10-11H2,1-3H3. The lowest BCUT2D eigenvalue weighted by atomic mass is 10.0. The van der Waals surface area contributed by atoms with Crippen molar-refractivity contribution in [1.82, 2.24) is 4.90 Å². The van der Waals surface area contributed by atoms with Gasteiger partial charge in [-0.3, -0.25) is 4.90 Å². The number of carbonyl (C=O) groups is 1. The van der Waals surface area contributed by atoms with Crippen LogP contribution in [0, 0.1) is 0 Å². The van der Waals surface area contributed by atoms with Gasteiger partial charge in [-0.2, -0.15) is 3.89 Å². The Kier molecular flexibility index (Phi) is 6.31. The second-order valence-corrected chi connectivity index (χ2v) is 5.29. The smallest absolute Gasteiger partial charge is 0.338 e. The number of halogens is 1. The number of ether oxygens (including phenoxy) is 1. The van der Waals surface area contributed by atoms with Crippen LogP contribution >= 0.6 is 12.1 Å². The highest BCUT2D eigenvalue weighted by Crippen LogP contribution is 2.20. The van der Waals surface area contributed by atoms with Gasteiger partial charge in [0.2, 0.25) is 0 Å². The summed E-state index contributed by atoms with van der Waals surface area (Å²) in [5.41, 5.74) is -0.0816. The van der Waals surface area contributed by atoms with E-state index in [9.17, 15) is 8.68 Å². The highest BCUT2D eigenvalue weighted by molar-refractivity contribution is 7.94. The molecule has 3 nitrogen and oxygen atoms in total. The van der Waals surface area contributed by atoms with Gasteiger partial charge in [0, 0.05) is 6.54 Å². The van der Waals surface area contributed by atoms with E-state index in [0.717, 1.165) is 0 Å². The molecule has 0 radical (unpaired) electrons. The van der Waals surface area contributed by atoms with Crippen LogP contribution in [0.2, 0.25) is 0 Å². The lowest BCUT2D eigenvalue weighted by molar-refractivity contribution is -0.0226. The van der Waals surface area contributed by atoms with Gasteiger partial charge in [0.25, 0.3) is 0 Å². The molecule has 0 bridgehead atoms. The molecule has 1 unspecified atom stereocenters. The van der Waals surface area contributed by atoms with E-state index in [2.05, 4.69) is 0 Å². The van der Waals surface area contributed by atoms with Crippen molar-refractivity contribution in [3.8, 4) is 0 Å². The van der Waals surface area contributed by atoms with Gasteiger partial charge in [0.05, 0.1) is 23.6 Å². The van der Waals surface area contributed by atoms with Gasteiger partial charge in [-0.05, 0) is 32.5 Å². The highest BCUT2D eigenvalue weighted by Gasteiger charge is 2.29. The fourth-order valence-electron chi connectivity index (χ4n) is 1.77. The lowest BCUT2D eigenvalue weighted by Gasteiger charge is -2.32. The molecule has 0 heterocycles. The van der Waals surface area contributed by atoms with Crippen molar-refractivity contribution in [2.75, 3.05) is 19.5 Å². The summed E-state index contributed by atoms with van der Waals surface area (Å²) in [5, 5.41) is 0. The Labute approximate surface area is 118 Å². The van der Waals surface area contributed by atoms with Gasteiger partial charge in [0.1, 0.15) is 5.60 Å². The van der Waals surface area contributed by atoms with Gasteiger partial charge in [-0.1, -0.05) is 25.1 Å². The van der Waals surface area contributed by atoms with Gasteiger partial charge in [-0.15, -0.1) is 0 Å². The summed E-state index contributed by atoms with van der Waals surface area (Å²) in [6, 6.07) is 8.89. The summed E-state index contributed by atoms with van der Waals surface area (Å²) in [6.45, 7) is 4.32. The third-order valence-corrected chi connectivity index (χ3v) is 3.51. The van der Waals surface area contributed by atoms with Crippen molar-refractivity contribution < 1.29 is 13.4 Å². The SMILES string of the molecule is CCC(C)(CN(C)CSF)OC(=O)c1ccccc1. The number of benzene rings is 1. The molecule has 1 aromatic rings. The first-order chi connectivity index (χ1) is 9.00. The first-order valence-electron chi connectivity index (χ1n) is 6.21. The van der Waals surface area contributed by atoms with Crippen LogP contribution in [0.25, 0.3) is 0 Å². The predicted molar refractivity (Wildman–Crippen MR) is 76.7 cm³/mol. The predicted octanol–water partition coefficient (Wildman–Crippen LogP) is 3.52. The van der Waals surface area contributed by atoms with E-state index in [1.165, 1.54) is 0 Å². The van der Waals surface area contributed by atoms with E-state index in [1.54, 1.807) is 36.2 Å². The zero-order valence-electron chi connectivity index (χ0n) is 11.6. The minimum Gasteiger partial charge on any atom is -0.454 e. The number of nitrogens with zero attached hydrogens (tertiary/aromatic N) is 1. The molecule has 0 spiro atoms. The second-order valence-electron chi connectivity index (χ2n) is 4.81. The van der Waals surface area contributed by atoms with Crippen molar-refractivity contribution in [2.45, 2.75) is 25.9 Å². The summed E-state index contributed by atoms with van der Waals surface area (Å²) >= 11 is 0.262. The van der Waals surface area contributed by atoms with Crippen LogP contribution in [0.1, 0.15) is 30.6 Å². The Morgan fingerprint density at radius 1 is 1.42 bits per heavy atom. The van der Waals surface area contributed by atoms with Crippen LogP contribution in [0.5, 0.6) is 0 Å². The Morgan fingerprint density at radius 2 is 2.05 bits per heavy atom. The van der Waals surface area contributed by atoms with E-state index in [0.29, 0.717) is 18.5 Å². The van der Waals surface area contributed by atoms with E-state index in [1.807, 2.05) is 19.9 Å². The molecule has 0 saturated heterocycles. The van der Waals surface area contributed by atoms with Crippen LogP contribution in [0.15, 0.2) is 30.3 Å². The molecule has 0 aliphatic heterocycles. The normalized spacial score (nSPS) is 14.2. The van der Waals surface area contributed by atoms with Gasteiger partial charge in [0.15, 0.2) is 0 Å². The quantitative estimate of drug-likeness (QED) is 0.566. The third-order valence-electron chi connectivity index (χ3n) is 2.97. The van der Waals surface area contributed by atoms with Crippen molar-refractivity contribution >= 4 is 18.1 Å². The van der Waals surface area contributed by atoms with Crippen LogP contribution in [-0.4, -0.2) is 35.9 Å². The average Bonchev–Trinajstić information content (AvgIpc) is 2.39. The molecular weight excluding hydrogens is 265 g/mol. The number of likely N-dealkylation sites (N-methyl/N-ethyl adjacent to an activating group) is 1. The van der Waals surface area contributed by atoms with Crippen LogP contribution in [0.4, 0.5) is 3.89 Å². The van der Waals surface area contributed by atoms with E-state index < -0.39 is 5.60 Å². The molecule has 0 N–H and O–H groups in total. The van der Waals surface area contributed by atoms with Crippen molar-refractivity contribution in [1.29, 1.82) is 0 Å². The minimum atomic E-state index is -0.614. The van der Waals surface area contributed by atoms with Gasteiger partial charge < -0.3 is 4.74 Å². The summed E-state index contributed by atoms with van der Waals surface area (Å²) in [4.78, 5) is 13.8. The summed E-state index contributed by atoms with van der Waals surface area (Å²) in [5.74, 6) is -0.0791. The molecule has 0 amide bonds. The first kappa shape index (κ1) is 16.0. The average molecular weight is 285 g/mol. The first-order valence-corrected chi connectivity index (χ1v) is 7.10. The largest absolute Gasteiger partial charge is 0.454 e. The number of hydrogen-bond donors (Lipinski definition) is 0. The molecule has 106 valence electrons. The molecule has 5 heteroatoms. The Bertz CT molecular complexity index is 402. The Morgan fingerprint density at radius 3 is 2.58 bits per heavy atom. The van der Waals surface area contributed by atoms with Crippen LogP contribution in [-0.2, 0) is 4.74 Å². The topological polar surface area (TPSA) is 29.5 Å². The summed E-state index contributed by atoms with van der Waals surface area (Å²) < 4.78 is 17.8. The van der Waals surface area contributed by atoms with E-state index >= 15 is 0 Å². The number of carbonyl (C=O) groups excluding carboxylic acids is 1. The van der Waals surface area contributed by atoms with Crippen molar-refractivity contribution in [3.63, 3.8) is 0 Å². The van der Waals surface area contributed by atoms with Gasteiger partial charge in [-0.25, -0.2) is 4.79 Å². The molecule has 0 aliphatic carbocycles. The number of esters is 1. The zero-order chi connectivity index (χ0) is 14.3. The summed E-state index contributed by atoms with van der Waals surface area (Å²) in [6.07, 6.45) is 0.673. The van der Waals surface area contributed by atoms with Gasteiger partial charge >= 0.3 is 5.97 Å². The molecule has 0 aromatic heterocycles. The third kappa shape index (κ3) is 5.20. The maximum atomic E-state index is 12.2. The number of rotatable bonds is 7. The van der Waals surface area contributed by atoms with Crippen LogP contribution < -0.4 is 0 Å². The Balaban J connectivity index is 2.67. The highest BCUT2D eigenvalue weighted by atomic mass is 32.2. The molecule has 19 heavy (non-hydrogen) atoms. The summed E-state index contributed by atoms with van der Waals surface area (Å²) in [7, 11) is 1.80. The molecule has 1 atom stereocenters. The minimum absolute atomic E-state index is 0.262. The lowest BCUT2D eigenvalue weighted by Crippen LogP contribution is -2.42. The molecular formula is C14H20FNO2S. The zero-order valence-corrected chi connectivity index (χ0v) is 12.4.